The van der Waals surface area contributed by atoms with E-state index in [1.807, 2.05) is 45.0 Å². The molecule has 1 amide bonds. The SMILES string of the molecule is Cc1sc2nc(CSC(C)C(=O)Nc3cccc(Cn4cncn4)c3)[nH]c(=O)c2c1C. The number of thioether (sulfide) groups is 1. The van der Waals surface area contributed by atoms with Crippen LogP contribution in [0.1, 0.15) is 28.8 Å². The van der Waals surface area contributed by atoms with Crippen LogP contribution in [0.5, 0.6) is 0 Å². The van der Waals surface area contributed by atoms with E-state index in [4.69, 9.17) is 0 Å². The molecule has 8 nitrogen and oxygen atoms in total. The van der Waals surface area contributed by atoms with Gasteiger partial charge in [-0.1, -0.05) is 12.1 Å². The fourth-order valence-corrected chi connectivity index (χ4v) is 4.94. The van der Waals surface area contributed by atoms with Gasteiger partial charge in [0.2, 0.25) is 5.91 Å². The Balaban J connectivity index is 1.38. The molecule has 4 aromatic rings. The Bertz CT molecular complexity index is 1280. The topological polar surface area (TPSA) is 106 Å². The van der Waals surface area contributed by atoms with Gasteiger partial charge >= 0.3 is 0 Å². The number of aromatic nitrogens is 5. The molecule has 0 aliphatic rings. The summed E-state index contributed by atoms with van der Waals surface area (Å²) in [5.74, 6) is 0.926. The molecule has 3 aromatic heterocycles. The fourth-order valence-electron chi connectivity index (χ4n) is 3.14. The molecule has 3 heterocycles. The number of hydrogen-bond acceptors (Lipinski definition) is 7. The Kier molecular flexibility index (Phi) is 6.19. The third-order valence-corrected chi connectivity index (χ3v) is 7.19. The smallest absolute Gasteiger partial charge is 0.259 e. The minimum absolute atomic E-state index is 0.103. The van der Waals surface area contributed by atoms with Crippen molar-refractivity contribution in [2.45, 2.75) is 38.3 Å². The number of fused-ring (bicyclic) bond motifs is 1. The van der Waals surface area contributed by atoms with Gasteiger partial charge in [-0.2, -0.15) is 5.10 Å². The van der Waals surface area contributed by atoms with Gasteiger partial charge < -0.3 is 10.3 Å². The summed E-state index contributed by atoms with van der Waals surface area (Å²) in [6.45, 7) is 6.35. The van der Waals surface area contributed by atoms with Crippen LogP contribution in [0.3, 0.4) is 0 Å². The van der Waals surface area contributed by atoms with E-state index in [0.717, 1.165) is 26.5 Å². The minimum atomic E-state index is -0.313. The van der Waals surface area contributed by atoms with E-state index in [1.165, 1.54) is 29.4 Å². The molecule has 4 rings (SSSR count). The fraction of sp³-hybridized carbons (Fsp3) is 0.286. The standard InChI is InChI=1S/C21H22N6O2S2/c1-12-13(2)31-21-18(12)20(29)25-17(26-21)9-30-14(3)19(28)24-16-6-4-5-15(7-16)8-27-11-22-10-23-27/h4-7,10-11,14H,8-9H2,1-3H3,(H,24,28)(H,25,26,29). The Labute approximate surface area is 187 Å². The van der Waals surface area contributed by atoms with Crippen LogP contribution in [-0.2, 0) is 17.1 Å². The lowest BCUT2D eigenvalue weighted by atomic mass is 10.2. The molecule has 31 heavy (non-hydrogen) atoms. The summed E-state index contributed by atoms with van der Waals surface area (Å²) in [7, 11) is 0. The van der Waals surface area contributed by atoms with Crippen LogP contribution in [-0.4, -0.2) is 35.9 Å². The van der Waals surface area contributed by atoms with Crippen molar-refractivity contribution in [2.75, 3.05) is 5.32 Å². The van der Waals surface area contributed by atoms with Crippen molar-refractivity contribution in [2.24, 2.45) is 0 Å². The molecule has 160 valence electrons. The van der Waals surface area contributed by atoms with E-state index >= 15 is 0 Å². The monoisotopic (exact) mass is 454 g/mol. The van der Waals surface area contributed by atoms with Gasteiger partial charge in [0.15, 0.2) is 0 Å². The van der Waals surface area contributed by atoms with Crippen LogP contribution in [0, 0.1) is 13.8 Å². The van der Waals surface area contributed by atoms with Crippen LogP contribution in [0.25, 0.3) is 10.2 Å². The molecule has 1 unspecified atom stereocenters. The number of hydrogen-bond donors (Lipinski definition) is 2. The highest BCUT2D eigenvalue weighted by atomic mass is 32.2. The van der Waals surface area contributed by atoms with Gasteiger partial charge in [0.05, 0.1) is 22.9 Å². The number of carbonyl (C=O) groups excluding carboxylic acids is 1. The number of nitrogens with one attached hydrogen (secondary N) is 2. The molecule has 0 bridgehead atoms. The van der Waals surface area contributed by atoms with E-state index in [-0.39, 0.29) is 16.7 Å². The van der Waals surface area contributed by atoms with Gasteiger partial charge in [-0.3, -0.25) is 9.59 Å². The number of amides is 1. The second kappa shape index (κ2) is 9.03. The third-order valence-electron chi connectivity index (χ3n) is 4.93. The maximum absolute atomic E-state index is 12.6. The normalized spacial score (nSPS) is 12.2. The Morgan fingerprint density at radius 1 is 1.35 bits per heavy atom. The minimum Gasteiger partial charge on any atom is -0.325 e. The number of nitrogens with zero attached hydrogens (tertiary/aromatic N) is 4. The first-order valence-corrected chi connectivity index (χ1v) is 11.6. The highest BCUT2D eigenvalue weighted by Gasteiger charge is 2.16. The quantitative estimate of drug-likeness (QED) is 0.443. The molecule has 0 fully saturated rings. The van der Waals surface area contributed by atoms with Crippen molar-refractivity contribution in [1.82, 2.24) is 24.7 Å². The van der Waals surface area contributed by atoms with E-state index in [1.54, 1.807) is 11.0 Å². The average molecular weight is 455 g/mol. The number of benzene rings is 1. The first-order valence-electron chi connectivity index (χ1n) is 9.73. The van der Waals surface area contributed by atoms with Crippen LogP contribution < -0.4 is 10.9 Å². The van der Waals surface area contributed by atoms with Crippen molar-refractivity contribution in [3.05, 3.63) is 69.1 Å². The van der Waals surface area contributed by atoms with Crippen LogP contribution in [0.4, 0.5) is 5.69 Å². The summed E-state index contributed by atoms with van der Waals surface area (Å²) in [6, 6.07) is 7.65. The molecular weight excluding hydrogens is 432 g/mol. The summed E-state index contributed by atoms with van der Waals surface area (Å²) in [5, 5.41) is 7.40. The van der Waals surface area contributed by atoms with E-state index in [9.17, 15) is 9.59 Å². The number of aromatic amines is 1. The van der Waals surface area contributed by atoms with Crippen molar-refractivity contribution in [1.29, 1.82) is 0 Å². The predicted molar refractivity (Wildman–Crippen MR) is 125 cm³/mol. The molecule has 0 radical (unpaired) electrons. The predicted octanol–water partition coefficient (Wildman–Crippen LogP) is 3.50. The molecule has 0 aliphatic heterocycles. The van der Waals surface area contributed by atoms with E-state index < -0.39 is 0 Å². The number of anilines is 1. The number of aryl methyl sites for hydroxylation is 2. The lowest BCUT2D eigenvalue weighted by Gasteiger charge is -2.12. The Morgan fingerprint density at radius 3 is 2.97 bits per heavy atom. The van der Waals surface area contributed by atoms with E-state index in [2.05, 4.69) is 25.4 Å². The summed E-state index contributed by atoms with van der Waals surface area (Å²) in [5.41, 5.74) is 2.60. The second-order valence-electron chi connectivity index (χ2n) is 7.21. The van der Waals surface area contributed by atoms with Gasteiger partial charge in [0, 0.05) is 10.6 Å². The maximum atomic E-state index is 12.6. The highest BCUT2D eigenvalue weighted by molar-refractivity contribution is 7.99. The van der Waals surface area contributed by atoms with Gasteiger partial charge in [-0.25, -0.2) is 14.6 Å². The molecule has 0 aliphatic carbocycles. The zero-order valence-corrected chi connectivity index (χ0v) is 19.0. The number of thiophene rings is 1. The number of H-pyrrole nitrogens is 1. The molecule has 0 saturated carbocycles. The summed E-state index contributed by atoms with van der Waals surface area (Å²) in [6.07, 6.45) is 3.14. The second-order valence-corrected chi connectivity index (χ2v) is 9.74. The highest BCUT2D eigenvalue weighted by Crippen LogP contribution is 2.26. The molecule has 10 heteroatoms. The molecule has 1 aromatic carbocycles. The van der Waals surface area contributed by atoms with Gasteiger partial charge in [-0.05, 0) is 44.0 Å². The Morgan fingerprint density at radius 2 is 2.19 bits per heavy atom. The zero-order valence-electron chi connectivity index (χ0n) is 17.4. The van der Waals surface area contributed by atoms with Crippen molar-refractivity contribution in [3.63, 3.8) is 0 Å². The molecule has 0 saturated heterocycles. The molecule has 2 N–H and O–H groups in total. The van der Waals surface area contributed by atoms with Crippen LogP contribution >= 0.6 is 23.1 Å². The summed E-state index contributed by atoms with van der Waals surface area (Å²) >= 11 is 2.95. The van der Waals surface area contributed by atoms with Gasteiger partial charge in [-0.15, -0.1) is 23.1 Å². The molecular formula is C21H22N6O2S2. The average Bonchev–Trinajstić information content (AvgIpc) is 3.34. The van der Waals surface area contributed by atoms with Crippen molar-refractivity contribution < 1.29 is 4.79 Å². The van der Waals surface area contributed by atoms with Crippen molar-refractivity contribution >= 4 is 44.9 Å². The zero-order chi connectivity index (χ0) is 22.0. The van der Waals surface area contributed by atoms with E-state index in [0.29, 0.717) is 23.5 Å². The van der Waals surface area contributed by atoms with Crippen LogP contribution in [0.15, 0.2) is 41.7 Å². The summed E-state index contributed by atoms with van der Waals surface area (Å²) in [4.78, 5) is 38.3. The first-order chi connectivity index (χ1) is 14.9. The maximum Gasteiger partial charge on any atom is 0.259 e. The lowest BCUT2D eigenvalue weighted by Crippen LogP contribution is -2.23. The molecule has 0 spiro atoms. The Hall–Kier alpha value is -2.98. The van der Waals surface area contributed by atoms with Gasteiger partial charge in [0.25, 0.3) is 5.56 Å². The lowest BCUT2D eigenvalue weighted by molar-refractivity contribution is -0.115. The number of rotatable bonds is 7. The van der Waals surface area contributed by atoms with Crippen LogP contribution in [0.2, 0.25) is 0 Å². The van der Waals surface area contributed by atoms with Gasteiger partial charge in [0.1, 0.15) is 23.3 Å². The number of carbonyl (C=O) groups is 1. The van der Waals surface area contributed by atoms with Crippen molar-refractivity contribution in [3.8, 4) is 0 Å². The summed E-state index contributed by atoms with van der Waals surface area (Å²) < 4.78 is 1.72. The molecule has 1 atom stereocenters. The first kappa shape index (κ1) is 21.3. The largest absolute Gasteiger partial charge is 0.325 e. The third kappa shape index (κ3) is 4.86.